The first kappa shape index (κ1) is 57.3. The molecule has 84 heavy (non-hydrogen) atoms. The Hall–Kier alpha value is -3.13. The molecule has 0 N–H and O–H groups in total. The van der Waals surface area contributed by atoms with Crippen molar-refractivity contribution in [2.24, 2.45) is 17.8 Å². The molecular formula is C74H76S10. The summed E-state index contributed by atoms with van der Waals surface area (Å²) in [5.74, 6) is 1.62. The third kappa shape index (κ3) is 12.3. The van der Waals surface area contributed by atoms with Gasteiger partial charge in [0.2, 0.25) is 0 Å². The number of hydrogen-bond donors (Lipinski definition) is 0. The second-order valence-electron chi connectivity index (χ2n) is 24.8. The van der Waals surface area contributed by atoms with Gasteiger partial charge in [-0.3, -0.25) is 0 Å². The molecule has 10 aromatic rings. The van der Waals surface area contributed by atoms with Gasteiger partial charge >= 0.3 is 0 Å². The molecule has 4 atom stereocenters. The first-order valence-corrected chi connectivity index (χ1v) is 40.3. The Kier molecular flexibility index (Phi) is 17.6. The molecule has 0 saturated heterocycles. The molecule has 2 aliphatic carbocycles. The average Bonchev–Trinajstić information content (AvgIpc) is 3.13. The maximum atomic E-state index is 2.63. The fourth-order valence-electron chi connectivity index (χ4n) is 13.8. The van der Waals surface area contributed by atoms with E-state index >= 15 is 0 Å². The molecule has 15 rings (SSSR count). The van der Waals surface area contributed by atoms with Gasteiger partial charge in [0, 0.05) is 100 Å². The third-order valence-corrected chi connectivity index (χ3v) is 30.9. The molecule has 3 aromatic carbocycles. The molecule has 0 fully saturated rings. The zero-order chi connectivity index (χ0) is 56.1. The van der Waals surface area contributed by atoms with E-state index in [1.807, 2.05) is 91.1 Å². The summed E-state index contributed by atoms with van der Waals surface area (Å²) in [4.78, 5) is 19.4. The molecule has 0 radical (unpaired) electrons. The lowest BCUT2D eigenvalue weighted by atomic mass is 9.87. The second-order valence-corrected chi connectivity index (χ2v) is 36.1. The van der Waals surface area contributed by atoms with Crippen LogP contribution in [0, 0.1) is 17.8 Å². The second kappa shape index (κ2) is 25.8. The van der Waals surface area contributed by atoms with E-state index in [0.717, 1.165) is 0 Å². The van der Waals surface area contributed by atoms with Crippen LogP contribution >= 0.6 is 115 Å². The normalized spacial score (nSPS) is 19.3. The molecule has 0 bridgehead atoms. The summed E-state index contributed by atoms with van der Waals surface area (Å²) >= 11 is 20.3. The number of unbranched alkanes of at least 4 members (excludes halogenated alkanes) is 18. The molecule has 4 unspecified atom stereocenters. The van der Waals surface area contributed by atoms with E-state index in [9.17, 15) is 0 Å². The molecule has 10 heteroatoms. The van der Waals surface area contributed by atoms with Crippen LogP contribution in [0.5, 0.6) is 0 Å². The van der Waals surface area contributed by atoms with Gasteiger partial charge in [-0.2, -0.15) is 0 Å². The predicted molar refractivity (Wildman–Crippen MR) is 391 cm³/mol. The minimum atomic E-state index is 0.502. The summed E-state index contributed by atoms with van der Waals surface area (Å²) in [6, 6.07) is 32.2. The topological polar surface area (TPSA) is 0 Å². The van der Waals surface area contributed by atoms with Crippen molar-refractivity contribution < 1.29 is 0 Å². The van der Waals surface area contributed by atoms with Gasteiger partial charge in [-0.25, -0.2) is 0 Å². The average molecular weight is 1290 g/mol. The van der Waals surface area contributed by atoms with Crippen LogP contribution in [0.3, 0.4) is 0 Å². The summed E-state index contributed by atoms with van der Waals surface area (Å²) in [5.41, 5.74) is 1.47. The molecule has 0 amide bonds. The molecule has 3 aliphatic heterocycles. The number of fused-ring (bicyclic) bond motifs is 10. The fourth-order valence-corrected chi connectivity index (χ4v) is 25.9. The van der Waals surface area contributed by atoms with Crippen molar-refractivity contribution in [3.05, 3.63) is 143 Å². The van der Waals surface area contributed by atoms with Crippen molar-refractivity contribution >= 4 is 191 Å². The maximum absolute atomic E-state index is 2.63. The molecule has 0 spiro atoms. The van der Waals surface area contributed by atoms with Gasteiger partial charge < -0.3 is 0 Å². The lowest BCUT2D eigenvalue weighted by Crippen LogP contribution is -2.19. The Labute approximate surface area is 539 Å². The van der Waals surface area contributed by atoms with Crippen molar-refractivity contribution in [1.82, 2.24) is 0 Å². The quantitative estimate of drug-likeness (QED) is 0.0496. The van der Waals surface area contributed by atoms with Gasteiger partial charge in [-0.1, -0.05) is 177 Å². The van der Waals surface area contributed by atoms with E-state index in [2.05, 4.69) is 147 Å². The Bertz CT molecular complexity index is 4060. The highest BCUT2D eigenvalue weighted by molar-refractivity contribution is 8.12. The third-order valence-electron chi connectivity index (χ3n) is 18.4. The summed E-state index contributed by atoms with van der Waals surface area (Å²) < 4.78 is 8.49. The van der Waals surface area contributed by atoms with Crippen LogP contribution in [0.4, 0.5) is 0 Å². The van der Waals surface area contributed by atoms with Crippen molar-refractivity contribution in [1.29, 1.82) is 0 Å². The summed E-state index contributed by atoms with van der Waals surface area (Å²) in [5, 5.41) is 8.98. The minimum Gasteiger partial charge on any atom is -0.140 e. The van der Waals surface area contributed by atoms with Crippen LogP contribution in [-0.4, -0.2) is 5.25 Å². The van der Waals surface area contributed by atoms with Gasteiger partial charge in [-0.05, 0) is 176 Å². The number of thioether (sulfide) groups is 3. The van der Waals surface area contributed by atoms with E-state index in [0.29, 0.717) is 23.0 Å². The van der Waals surface area contributed by atoms with Gasteiger partial charge in [0.15, 0.2) is 0 Å². The molecule has 5 aliphatic rings. The van der Waals surface area contributed by atoms with Gasteiger partial charge in [-0.15, -0.1) is 91.1 Å². The number of allylic oxidation sites excluding steroid dienone is 7. The van der Waals surface area contributed by atoms with Crippen molar-refractivity contribution in [3.63, 3.8) is 0 Å². The van der Waals surface area contributed by atoms with Crippen LogP contribution in [0.15, 0.2) is 118 Å². The molecule has 432 valence electrons. The van der Waals surface area contributed by atoms with Crippen LogP contribution < -0.4 is 0 Å². The predicted octanol–water partition coefficient (Wildman–Crippen LogP) is 28.1. The molecular weight excluding hydrogens is 1210 g/mol. The summed E-state index contributed by atoms with van der Waals surface area (Å²) in [6.07, 6.45) is 46.0. The lowest BCUT2D eigenvalue weighted by Gasteiger charge is -2.25. The number of rotatable bonds is 26. The Morgan fingerprint density at radius 1 is 0.369 bits per heavy atom. The zero-order valence-corrected chi connectivity index (χ0v) is 56.9. The van der Waals surface area contributed by atoms with E-state index in [-0.39, 0.29) is 0 Å². The van der Waals surface area contributed by atoms with Crippen LogP contribution in [0.25, 0.3) is 95.9 Å². The number of aryl methyl sites for hydroxylation is 1. The number of hydrogen-bond acceptors (Lipinski definition) is 10. The van der Waals surface area contributed by atoms with Gasteiger partial charge in [0.25, 0.3) is 0 Å². The van der Waals surface area contributed by atoms with E-state index in [4.69, 9.17) is 0 Å². The molecule has 10 heterocycles. The van der Waals surface area contributed by atoms with E-state index in [1.165, 1.54) is 259 Å². The van der Waals surface area contributed by atoms with Crippen molar-refractivity contribution in [2.75, 3.05) is 0 Å². The summed E-state index contributed by atoms with van der Waals surface area (Å²) in [6.45, 7) is 4.62. The van der Waals surface area contributed by atoms with Crippen molar-refractivity contribution in [3.8, 4) is 19.5 Å². The van der Waals surface area contributed by atoms with Crippen LogP contribution in [0.2, 0.25) is 0 Å². The SMILES string of the molecule is CCCCCCCCCCCCC1=CC2Cc3sc(-c4cc5cc6sc(C7=CC8CC9SC(c%10cc%11cc%12sc(-c%13cc%14cc%15sc(CCCCCCCCCCCC)cc%15cc%14s%13)cc%12cc%11s%10)=CC9C=C8S7)cc6cc5s4)cc3C=C2S1. The van der Waals surface area contributed by atoms with E-state index < -0.39 is 0 Å². The number of benzene rings is 3. The molecule has 7 aromatic heterocycles. The molecule has 0 nitrogen and oxygen atoms in total. The first-order valence-electron chi connectivity index (χ1n) is 32.0. The highest BCUT2D eigenvalue weighted by Crippen LogP contribution is 2.58. The highest BCUT2D eigenvalue weighted by Gasteiger charge is 2.38. The Morgan fingerprint density at radius 3 is 1.39 bits per heavy atom. The standard InChI is InChI=1S/C74H76S10/c1-3-5-7-9-11-13-15-17-19-21-23-55-25-45-27-59-47(29-57(45)75-55)37-67(77-59)69-39-49-31-63-51(33-61(49)79-69)41-71(81-63)73-43-53-35-66-54(36-65(53)83-73)44-74(84-66)72-42-52-34-62-50(32-64(52)82-72)40-70(80-62)68-38-48-30-58-46(28-60(48)78-68)26-56(76-58)24-22-20-18-16-14-12-10-8-6-4-2/h25-27,29-35,37-44,46,53-54,65H,3-24,28,36H2,1-2H3. The Morgan fingerprint density at radius 2 is 0.833 bits per heavy atom. The molecule has 0 saturated carbocycles. The van der Waals surface area contributed by atoms with Gasteiger partial charge in [0.05, 0.1) is 0 Å². The lowest BCUT2D eigenvalue weighted by molar-refractivity contribution is 0.557. The fraction of sp³-hybridized carbons (Fsp3) is 0.405. The first-order chi connectivity index (χ1) is 41.4. The monoisotopic (exact) mass is 1280 g/mol. The highest BCUT2D eigenvalue weighted by atomic mass is 32.2. The summed E-state index contributed by atoms with van der Waals surface area (Å²) in [7, 11) is 0. The van der Waals surface area contributed by atoms with Gasteiger partial charge in [0.1, 0.15) is 0 Å². The largest absolute Gasteiger partial charge is 0.140 e. The Balaban J connectivity index is 0.549. The number of thiophene rings is 7. The van der Waals surface area contributed by atoms with Crippen molar-refractivity contribution in [2.45, 2.75) is 173 Å². The smallest absolute Gasteiger partial charge is 0.0455 e. The zero-order valence-electron chi connectivity index (χ0n) is 48.8. The minimum absolute atomic E-state index is 0.502. The van der Waals surface area contributed by atoms with E-state index in [1.54, 1.807) is 24.5 Å². The maximum Gasteiger partial charge on any atom is 0.0455 e. The van der Waals surface area contributed by atoms with Crippen LogP contribution in [0.1, 0.15) is 180 Å². The van der Waals surface area contributed by atoms with Crippen LogP contribution in [-0.2, 0) is 12.8 Å².